The van der Waals surface area contributed by atoms with Gasteiger partial charge >= 0.3 is 5.97 Å². The summed E-state index contributed by atoms with van der Waals surface area (Å²) in [5, 5.41) is 0. The Morgan fingerprint density at radius 1 is 1.00 bits per heavy atom. The molecular weight excluding hydrogens is 366 g/mol. The third-order valence-corrected chi connectivity index (χ3v) is 6.29. The van der Waals surface area contributed by atoms with E-state index in [1.54, 1.807) is 30.3 Å². The Labute approximate surface area is 170 Å². The first-order valence-electron chi connectivity index (χ1n) is 10.1. The van der Waals surface area contributed by atoms with Crippen LogP contribution in [-0.4, -0.2) is 17.8 Å². The zero-order chi connectivity index (χ0) is 20.7. The summed E-state index contributed by atoms with van der Waals surface area (Å²) >= 11 is 0. The van der Waals surface area contributed by atoms with Crippen LogP contribution < -0.4 is 9.64 Å². The molecule has 5 nitrogen and oxygen atoms in total. The molecule has 0 radical (unpaired) electrons. The number of ether oxygens (including phenoxy) is 1. The average Bonchev–Trinajstić information content (AvgIpc) is 2.95. The first kappa shape index (κ1) is 19.4. The van der Waals surface area contributed by atoms with Crippen molar-refractivity contribution in [2.75, 3.05) is 4.90 Å². The Morgan fingerprint density at radius 3 is 2.52 bits per heavy atom. The zero-order valence-corrected chi connectivity index (χ0v) is 17.0. The van der Waals surface area contributed by atoms with Crippen LogP contribution in [0.3, 0.4) is 0 Å². The third-order valence-electron chi connectivity index (χ3n) is 6.29. The first-order chi connectivity index (χ1) is 13.9. The Morgan fingerprint density at radius 2 is 1.72 bits per heavy atom. The predicted octanol–water partition coefficient (Wildman–Crippen LogP) is 4.45. The quantitative estimate of drug-likeness (QED) is 0.441. The first-order valence-corrected chi connectivity index (χ1v) is 10.1. The number of rotatable bonds is 3. The minimum absolute atomic E-state index is 0.146. The van der Waals surface area contributed by atoms with Crippen LogP contribution in [0.4, 0.5) is 5.69 Å². The number of aryl methyl sites for hydroxylation is 1. The monoisotopic (exact) mass is 391 g/mol. The molecule has 2 amide bonds. The van der Waals surface area contributed by atoms with Gasteiger partial charge in [0.15, 0.2) is 0 Å². The van der Waals surface area contributed by atoms with Gasteiger partial charge in [0.25, 0.3) is 0 Å². The van der Waals surface area contributed by atoms with E-state index in [-0.39, 0.29) is 23.7 Å². The molecular formula is C24H25NO4. The Bertz CT molecular complexity index is 996. The zero-order valence-electron chi connectivity index (χ0n) is 17.0. The van der Waals surface area contributed by atoms with Gasteiger partial charge in [0.05, 0.1) is 23.1 Å². The molecule has 1 heterocycles. The predicted molar refractivity (Wildman–Crippen MR) is 110 cm³/mol. The van der Waals surface area contributed by atoms with Crippen LogP contribution in [0.5, 0.6) is 5.75 Å². The van der Waals surface area contributed by atoms with Gasteiger partial charge in [-0.1, -0.05) is 25.1 Å². The van der Waals surface area contributed by atoms with Crippen molar-refractivity contribution in [3.8, 4) is 5.75 Å². The number of hydrogen-bond donors (Lipinski definition) is 0. The van der Waals surface area contributed by atoms with Gasteiger partial charge in [-0.2, -0.15) is 0 Å². The highest BCUT2D eigenvalue weighted by molar-refractivity contribution is 6.22. The van der Waals surface area contributed by atoms with Crippen LogP contribution in [0, 0.1) is 31.6 Å². The molecule has 2 aromatic rings. The van der Waals surface area contributed by atoms with Gasteiger partial charge in [0, 0.05) is 0 Å². The number of hydrogen-bond acceptors (Lipinski definition) is 4. The highest BCUT2D eigenvalue weighted by atomic mass is 16.5. The van der Waals surface area contributed by atoms with Crippen LogP contribution >= 0.6 is 0 Å². The molecule has 1 saturated heterocycles. The van der Waals surface area contributed by atoms with Gasteiger partial charge in [-0.25, -0.2) is 4.79 Å². The molecule has 0 bridgehead atoms. The van der Waals surface area contributed by atoms with Gasteiger partial charge in [-0.3, -0.25) is 14.5 Å². The van der Waals surface area contributed by atoms with E-state index in [2.05, 4.69) is 6.92 Å². The summed E-state index contributed by atoms with van der Waals surface area (Å²) in [6, 6.07) is 12.1. The third kappa shape index (κ3) is 3.46. The number of carbonyl (C=O) groups excluding carboxylic acids is 3. The Kier molecular flexibility index (Phi) is 4.99. The summed E-state index contributed by atoms with van der Waals surface area (Å²) < 4.78 is 5.56. The van der Waals surface area contributed by atoms with E-state index in [9.17, 15) is 14.4 Å². The van der Waals surface area contributed by atoms with Crippen molar-refractivity contribution in [2.45, 2.75) is 40.0 Å². The number of anilines is 1. The highest BCUT2D eigenvalue weighted by Gasteiger charge is 2.50. The van der Waals surface area contributed by atoms with E-state index < -0.39 is 5.97 Å². The van der Waals surface area contributed by atoms with Crippen molar-refractivity contribution in [3.63, 3.8) is 0 Å². The molecule has 29 heavy (non-hydrogen) atoms. The van der Waals surface area contributed by atoms with E-state index in [1.807, 2.05) is 26.0 Å². The van der Waals surface area contributed by atoms with Gasteiger partial charge in [-0.15, -0.1) is 0 Å². The molecule has 0 N–H and O–H groups in total. The highest BCUT2D eigenvalue weighted by Crippen LogP contribution is 2.42. The van der Waals surface area contributed by atoms with Crippen molar-refractivity contribution in [1.82, 2.24) is 0 Å². The van der Waals surface area contributed by atoms with Crippen molar-refractivity contribution < 1.29 is 19.1 Å². The molecule has 0 unspecified atom stereocenters. The van der Waals surface area contributed by atoms with Crippen LogP contribution in [0.2, 0.25) is 0 Å². The minimum Gasteiger partial charge on any atom is -0.423 e. The van der Waals surface area contributed by atoms with Crippen molar-refractivity contribution in [2.24, 2.45) is 17.8 Å². The Balaban J connectivity index is 1.59. The number of carbonyl (C=O) groups is 3. The van der Waals surface area contributed by atoms with Gasteiger partial charge in [-0.05, 0) is 74.4 Å². The van der Waals surface area contributed by atoms with Gasteiger partial charge in [0.1, 0.15) is 5.75 Å². The SMILES string of the molecule is Cc1cccc(OC(=O)c2cccc(N3C(=O)[C@H]4CC[C@H](C)C[C@@H]4C3=O)c2)c1C. The number of imide groups is 1. The maximum atomic E-state index is 12.9. The second-order valence-corrected chi connectivity index (χ2v) is 8.28. The lowest BCUT2D eigenvalue weighted by Gasteiger charge is -2.25. The van der Waals surface area contributed by atoms with E-state index in [0.717, 1.165) is 30.4 Å². The summed E-state index contributed by atoms with van der Waals surface area (Å²) in [6.07, 6.45) is 2.47. The molecule has 5 heteroatoms. The van der Waals surface area contributed by atoms with Crippen LogP contribution in [0.15, 0.2) is 42.5 Å². The molecule has 150 valence electrons. The number of esters is 1. The second kappa shape index (κ2) is 7.47. The lowest BCUT2D eigenvalue weighted by atomic mass is 9.76. The van der Waals surface area contributed by atoms with Crippen LogP contribution in [-0.2, 0) is 9.59 Å². The van der Waals surface area contributed by atoms with Gasteiger partial charge < -0.3 is 4.74 Å². The smallest absolute Gasteiger partial charge is 0.343 e. The average molecular weight is 391 g/mol. The van der Waals surface area contributed by atoms with Crippen LogP contribution in [0.25, 0.3) is 0 Å². The lowest BCUT2D eigenvalue weighted by Crippen LogP contribution is -2.31. The number of benzene rings is 2. The topological polar surface area (TPSA) is 63.7 Å². The summed E-state index contributed by atoms with van der Waals surface area (Å²) in [5.74, 6) is -0.314. The maximum absolute atomic E-state index is 12.9. The molecule has 3 atom stereocenters. The maximum Gasteiger partial charge on any atom is 0.343 e. The molecule has 2 aliphatic rings. The number of fused-ring (bicyclic) bond motifs is 1. The molecule has 4 rings (SSSR count). The van der Waals surface area contributed by atoms with E-state index in [4.69, 9.17) is 4.74 Å². The van der Waals surface area contributed by atoms with E-state index in [1.165, 1.54) is 4.90 Å². The molecule has 2 fully saturated rings. The summed E-state index contributed by atoms with van der Waals surface area (Å²) in [6.45, 7) is 5.98. The number of amides is 2. The second-order valence-electron chi connectivity index (χ2n) is 8.28. The molecule has 1 saturated carbocycles. The molecule has 0 aromatic heterocycles. The van der Waals surface area contributed by atoms with Crippen LogP contribution in [0.1, 0.15) is 47.7 Å². The van der Waals surface area contributed by atoms with Gasteiger partial charge in [0.2, 0.25) is 11.8 Å². The standard InChI is InChI=1S/C24H25NO4/c1-14-10-11-19-20(12-14)23(27)25(22(19)26)18-8-5-7-17(13-18)24(28)29-21-9-4-6-15(2)16(21)3/h4-9,13-14,19-20H,10-12H2,1-3H3/t14-,19-,20-/m0/s1. The summed E-state index contributed by atoms with van der Waals surface area (Å²) in [7, 11) is 0. The summed E-state index contributed by atoms with van der Waals surface area (Å²) in [5.41, 5.74) is 2.69. The fourth-order valence-electron chi connectivity index (χ4n) is 4.41. The molecule has 2 aromatic carbocycles. The summed E-state index contributed by atoms with van der Waals surface area (Å²) in [4.78, 5) is 39.8. The normalized spacial score (nSPS) is 23.8. The number of nitrogens with zero attached hydrogens (tertiary/aromatic N) is 1. The Hall–Kier alpha value is -2.95. The van der Waals surface area contributed by atoms with Crippen molar-refractivity contribution in [1.29, 1.82) is 0 Å². The van der Waals surface area contributed by atoms with Crippen molar-refractivity contribution >= 4 is 23.5 Å². The lowest BCUT2D eigenvalue weighted by molar-refractivity contribution is -0.122. The molecule has 0 spiro atoms. The fourth-order valence-corrected chi connectivity index (χ4v) is 4.41. The van der Waals surface area contributed by atoms with Crippen molar-refractivity contribution in [3.05, 3.63) is 59.2 Å². The van der Waals surface area contributed by atoms with E-state index >= 15 is 0 Å². The molecule has 1 aliphatic heterocycles. The molecule has 1 aliphatic carbocycles. The minimum atomic E-state index is -0.509. The fraction of sp³-hybridized carbons (Fsp3) is 0.375. The largest absolute Gasteiger partial charge is 0.423 e. The van der Waals surface area contributed by atoms with E-state index in [0.29, 0.717) is 22.9 Å².